The van der Waals surface area contributed by atoms with E-state index in [1.165, 1.54) is 25.3 Å². The van der Waals surface area contributed by atoms with Crippen LogP contribution in [0.3, 0.4) is 0 Å². The van der Waals surface area contributed by atoms with Crippen LogP contribution in [0, 0.1) is 11.8 Å². The van der Waals surface area contributed by atoms with E-state index in [1.807, 2.05) is 0 Å². The van der Waals surface area contributed by atoms with Crippen LogP contribution in [0.2, 0.25) is 0 Å². The summed E-state index contributed by atoms with van der Waals surface area (Å²) in [5, 5.41) is 9.26. The highest BCUT2D eigenvalue weighted by Crippen LogP contribution is 2.39. The Kier molecular flexibility index (Phi) is 1.91. The minimum absolute atomic E-state index is 0.107. The van der Waals surface area contributed by atoms with Crippen molar-refractivity contribution in [3.05, 3.63) is 11.8 Å². The van der Waals surface area contributed by atoms with E-state index in [-0.39, 0.29) is 5.78 Å². The molecule has 0 amide bonds. The fourth-order valence-corrected chi connectivity index (χ4v) is 2.15. The van der Waals surface area contributed by atoms with Gasteiger partial charge in [0.2, 0.25) is 0 Å². The van der Waals surface area contributed by atoms with Crippen molar-refractivity contribution < 1.29 is 9.90 Å². The molecule has 1 atom stereocenters. The second-order valence-electron chi connectivity index (χ2n) is 3.96. The largest absolute Gasteiger partial charge is 0.512 e. The maximum absolute atomic E-state index is 11.1. The summed E-state index contributed by atoms with van der Waals surface area (Å²) in [5.74, 6) is 1.56. The fourth-order valence-electron chi connectivity index (χ4n) is 2.15. The van der Waals surface area contributed by atoms with E-state index >= 15 is 0 Å². The van der Waals surface area contributed by atoms with Crippen molar-refractivity contribution in [2.45, 2.75) is 32.1 Å². The molecule has 2 heteroatoms. The van der Waals surface area contributed by atoms with Crippen LogP contribution in [-0.4, -0.2) is 10.9 Å². The molecule has 0 bridgehead atoms. The number of rotatable bonds is 1. The zero-order chi connectivity index (χ0) is 8.55. The summed E-state index contributed by atoms with van der Waals surface area (Å²) in [6.45, 7) is 0. The molecular formula is C10H14O2. The SMILES string of the molecule is O=C1C=C(O)CC(C2CCC2)C1. The van der Waals surface area contributed by atoms with Crippen molar-refractivity contribution in [3.8, 4) is 0 Å². The molecule has 0 aromatic carbocycles. The molecule has 2 nitrogen and oxygen atoms in total. The van der Waals surface area contributed by atoms with E-state index in [1.54, 1.807) is 0 Å². The maximum atomic E-state index is 11.1. The van der Waals surface area contributed by atoms with Crippen molar-refractivity contribution in [3.63, 3.8) is 0 Å². The summed E-state index contributed by atoms with van der Waals surface area (Å²) in [5.41, 5.74) is 0. The van der Waals surface area contributed by atoms with E-state index in [0.29, 0.717) is 24.0 Å². The molecule has 0 radical (unpaired) electrons. The van der Waals surface area contributed by atoms with Crippen molar-refractivity contribution in [1.82, 2.24) is 0 Å². The lowest BCUT2D eigenvalue weighted by Gasteiger charge is -2.34. The standard InChI is InChI=1S/C10H14O2/c11-9-4-8(5-10(12)6-9)7-2-1-3-7/h6-8,11H,1-5H2. The van der Waals surface area contributed by atoms with Gasteiger partial charge in [-0.05, 0) is 11.8 Å². The van der Waals surface area contributed by atoms with Gasteiger partial charge >= 0.3 is 0 Å². The third-order valence-electron chi connectivity index (χ3n) is 3.08. The van der Waals surface area contributed by atoms with Gasteiger partial charge in [-0.3, -0.25) is 4.79 Å². The predicted molar refractivity (Wildman–Crippen MR) is 45.8 cm³/mol. The molecule has 1 fully saturated rings. The first-order valence-corrected chi connectivity index (χ1v) is 4.68. The molecule has 66 valence electrons. The Balaban J connectivity index is 2.00. The van der Waals surface area contributed by atoms with Crippen LogP contribution in [0.1, 0.15) is 32.1 Å². The van der Waals surface area contributed by atoms with Crippen LogP contribution in [0.25, 0.3) is 0 Å². The second-order valence-corrected chi connectivity index (χ2v) is 3.96. The first kappa shape index (κ1) is 7.84. The Morgan fingerprint density at radius 2 is 2.00 bits per heavy atom. The lowest BCUT2D eigenvalue weighted by Crippen LogP contribution is -2.26. The molecule has 1 saturated carbocycles. The quantitative estimate of drug-likeness (QED) is 0.648. The van der Waals surface area contributed by atoms with Gasteiger partial charge in [0, 0.05) is 18.9 Å². The molecule has 1 unspecified atom stereocenters. The number of aliphatic hydroxyl groups is 1. The molecule has 0 heterocycles. The van der Waals surface area contributed by atoms with E-state index in [2.05, 4.69) is 0 Å². The Bertz CT molecular complexity index is 226. The number of allylic oxidation sites excluding steroid dienone is 2. The highest BCUT2D eigenvalue weighted by Gasteiger charge is 2.31. The van der Waals surface area contributed by atoms with Crippen LogP contribution in [0.15, 0.2) is 11.8 Å². The van der Waals surface area contributed by atoms with Crippen LogP contribution in [-0.2, 0) is 4.79 Å². The molecule has 0 aromatic heterocycles. The monoisotopic (exact) mass is 166 g/mol. The average Bonchev–Trinajstić information content (AvgIpc) is 1.79. The van der Waals surface area contributed by atoms with Crippen LogP contribution in [0.4, 0.5) is 0 Å². The van der Waals surface area contributed by atoms with Gasteiger partial charge in [0.15, 0.2) is 5.78 Å². The summed E-state index contributed by atoms with van der Waals surface area (Å²) in [7, 11) is 0. The number of ketones is 1. The predicted octanol–water partition coefficient (Wildman–Crippen LogP) is 2.21. The van der Waals surface area contributed by atoms with Crippen LogP contribution < -0.4 is 0 Å². The maximum Gasteiger partial charge on any atom is 0.159 e. The number of hydrogen-bond acceptors (Lipinski definition) is 2. The minimum atomic E-state index is 0.107. The molecule has 2 aliphatic rings. The Hall–Kier alpha value is -0.790. The molecule has 0 saturated heterocycles. The second kappa shape index (κ2) is 2.92. The third kappa shape index (κ3) is 1.38. The fraction of sp³-hybridized carbons (Fsp3) is 0.700. The number of carbonyl (C=O) groups excluding carboxylic acids is 1. The zero-order valence-electron chi connectivity index (χ0n) is 7.12. The van der Waals surface area contributed by atoms with Gasteiger partial charge in [-0.1, -0.05) is 19.3 Å². The highest BCUT2D eigenvalue weighted by molar-refractivity contribution is 5.91. The molecule has 0 aliphatic heterocycles. The molecular weight excluding hydrogens is 152 g/mol. The zero-order valence-corrected chi connectivity index (χ0v) is 7.12. The summed E-state index contributed by atoms with van der Waals surface area (Å²) in [6.07, 6.45) is 6.59. The van der Waals surface area contributed by atoms with E-state index < -0.39 is 0 Å². The summed E-state index contributed by atoms with van der Waals surface area (Å²) >= 11 is 0. The Labute approximate surface area is 72.3 Å². The van der Waals surface area contributed by atoms with Crippen molar-refractivity contribution >= 4 is 5.78 Å². The van der Waals surface area contributed by atoms with Crippen LogP contribution in [0.5, 0.6) is 0 Å². The van der Waals surface area contributed by atoms with Gasteiger partial charge in [0.1, 0.15) is 0 Å². The minimum Gasteiger partial charge on any atom is -0.512 e. The molecule has 2 rings (SSSR count). The third-order valence-corrected chi connectivity index (χ3v) is 3.08. The topological polar surface area (TPSA) is 37.3 Å². The first-order chi connectivity index (χ1) is 5.75. The van der Waals surface area contributed by atoms with E-state index in [4.69, 9.17) is 0 Å². The molecule has 0 spiro atoms. The van der Waals surface area contributed by atoms with Gasteiger partial charge < -0.3 is 5.11 Å². The van der Waals surface area contributed by atoms with Crippen molar-refractivity contribution in [2.24, 2.45) is 11.8 Å². The van der Waals surface area contributed by atoms with E-state index in [9.17, 15) is 9.90 Å². The van der Waals surface area contributed by atoms with E-state index in [0.717, 1.165) is 6.42 Å². The Morgan fingerprint density at radius 1 is 1.25 bits per heavy atom. The summed E-state index contributed by atoms with van der Waals surface area (Å²) < 4.78 is 0. The lowest BCUT2D eigenvalue weighted by molar-refractivity contribution is -0.117. The van der Waals surface area contributed by atoms with Gasteiger partial charge in [-0.25, -0.2) is 0 Å². The summed E-state index contributed by atoms with van der Waals surface area (Å²) in [6, 6.07) is 0. The van der Waals surface area contributed by atoms with Crippen molar-refractivity contribution in [2.75, 3.05) is 0 Å². The number of aliphatic hydroxyl groups excluding tert-OH is 1. The van der Waals surface area contributed by atoms with Gasteiger partial charge in [-0.15, -0.1) is 0 Å². The normalized spacial score (nSPS) is 31.2. The molecule has 12 heavy (non-hydrogen) atoms. The lowest BCUT2D eigenvalue weighted by atomic mass is 9.71. The first-order valence-electron chi connectivity index (χ1n) is 4.68. The smallest absolute Gasteiger partial charge is 0.159 e. The highest BCUT2D eigenvalue weighted by atomic mass is 16.3. The molecule has 2 aliphatic carbocycles. The van der Waals surface area contributed by atoms with Crippen LogP contribution >= 0.6 is 0 Å². The van der Waals surface area contributed by atoms with Gasteiger partial charge in [0.25, 0.3) is 0 Å². The molecule has 0 aromatic rings. The molecule has 1 N–H and O–H groups in total. The van der Waals surface area contributed by atoms with Gasteiger partial charge in [-0.2, -0.15) is 0 Å². The summed E-state index contributed by atoms with van der Waals surface area (Å²) in [4.78, 5) is 11.1. The Morgan fingerprint density at radius 3 is 2.50 bits per heavy atom. The number of carbonyl (C=O) groups is 1. The number of hydrogen-bond donors (Lipinski definition) is 1. The van der Waals surface area contributed by atoms with Gasteiger partial charge in [0.05, 0.1) is 5.76 Å². The van der Waals surface area contributed by atoms with Crippen molar-refractivity contribution in [1.29, 1.82) is 0 Å². The average molecular weight is 166 g/mol.